The van der Waals surface area contributed by atoms with E-state index >= 15 is 0 Å². The van der Waals surface area contributed by atoms with Crippen LogP contribution < -0.4 is 4.72 Å². The second kappa shape index (κ2) is 9.08. The molecule has 2 aromatic rings. The first-order valence-corrected chi connectivity index (χ1v) is 11.6. The SMILES string of the molecule is O=S(=O)(Cc1ccc(F)cc1)NCC(c1ccsc1)N1CCCCCC1. The molecule has 7 heteroatoms. The fourth-order valence-electron chi connectivity index (χ4n) is 3.39. The molecule has 1 aromatic heterocycles. The van der Waals surface area contributed by atoms with Gasteiger partial charge in [0.05, 0.1) is 5.75 Å². The molecular formula is C19H25FN2O2S2. The number of nitrogens with one attached hydrogen (secondary N) is 1. The van der Waals surface area contributed by atoms with Crippen molar-refractivity contribution in [2.45, 2.75) is 37.5 Å². The average molecular weight is 397 g/mol. The Bertz CT molecular complexity index is 768. The van der Waals surface area contributed by atoms with Crippen molar-refractivity contribution in [3.8, 4) is 0 Å². The molecule has 1 atom stereocenters. The molecule has 26 heavy (non-hydrogen) atoms. The quantitative estimate of drug-likeness (QED) is 0.772. The summed E-state index contributed by atoms with van der Waals surface area (Å²) in [6, 6.07) is 7.74. The number of hydrogen-bond acceptors (Lipinski definition) is 4. The number of rotatable bonds is 7. The van der Waals surface area contributed by atoms with Crippen molar-refractivity contribution in [1.29, 1.82) is 0 Å². The second-order valence-electron chi connectivity index (χ2n) is 6.76. The van der Waals surface area contributed by atoms with Gasteiger partial charge in [-0.2, -0.15) is 11.3 Å². The number of sulfonamides is 1. The lowest BCUT2D eigenvalue weighted by molar-refractivity contribution is 0.206. The van der Waals surface area contributed by atoms with Crippen LogP contribution in [0.3, 0.4) is 0 Å². The van der Waals surface area contributed by atoms with E-state index in [9.17, 15) is 12.8 Å². The highest BCUT2D eigenvalue weighted by Crippen LogP contribution is 2.25. The van der Waals surface area contributed by atoms with Crippen molar-refractivity contribution in [1.82, 2.24) is 9.62 Å². The van der Waals surface area contributed by atoms with Crippen molar-refractivity contribution >= 4 is 21.4 Å². The molecule has 3 rings (SSSR count). The number of likely N-dealkylation sites (tertiary alicyclic amines) is 1. The highest BCUT2D eigenvalue weighted by Gasteiger charge is 2.24. The molecule has 1 N–H and O–H groups in total. The number of nitrogens with zero attached hydrogens (tertiary/aromatic N) is 1. The van der Waals surface area contributed by atoms with Crippen LogP contribution >= 0.6 is 11.3 Å². The summed E-state index contributed by atoms with van der Waals surface area (Å²) >= 11 is 1.64. The average Bonchev–Trinajstić information content (AvgIpc) is 3.00. The molecule has 0 aliphatic carbocycles. The number of halogens is 1. The molecule has 1 aromatic carbocycles. The largest absolute Gasteiger partial charge is 0.295 e. The van der Waals surface area contributed by atoms with Gasteiger partial charge in [-0.15, -0.1) is 0 Å². The smallest absolute Gasteiger partial charge is 0.215 e. The van der Waals surface area contributed by atoms with Gasteiger partial charge in [0, 0.05) is 12.6 Å². The Morgan fingerprint density at radius 1 is 1.08 bits per heavy atom. The van der Waals surface area contributed by atoms with Gasteiger partial charge in [-0.1, -0.05) is 25.0 Å². The molecule has 0 spiro atoms. The van der Waals surface area contributed by atoms with Crippen LogP contribution in [-0.4, -0.2) is 33.0 Å². The third-order valence-electron chi connectivity index (χ3n) is 4.78. The van der Waals surface area contributed by atoms with Crippen LogP contribution in [0.1, 0.15) is 42.9 Å². The molecule has 142 valence electrons. The van der Waals surface area contributed by atoms with Crippen LogP contribution in [0, 0.1) is 5.82 Å². The Balaban J connectivity index is 1.67. The van der Waals surface area contributed by atoms with Gasteiger partial charge < -0.3 is 0 Å². The zero-order chi connectivity index (χ0) is 18.4. The summed E-state index contributed by atoms with van der Waals surface area (Å²) in [6.07, 6.45) is 4.79. The number of hydrogen-bond donors (Lipinski definition) is 1. The van der Waals surface area contributed by atoms with Crippen molar-refractivity contribution < 1.29 is 12.8 Å². The van der Waals surface area contributed by atoms with E-state index in [1.54, 1.807) is 11.3 Å². The van der Waals surface area contributed by atoms with E-state index in [1.807, 2.05) is 5.38 Å². The molecular weight excluding hydrogens is 371 g/mol. The maximum absolute atomic E-state index is 13.0. The van der Waals surface area contributed by atoms with Gasteiger partial charge in [-0.05, 0) is 66.0 Å². The fraction of sp³-hybridized carbons (Fsp3) is 0.474. The van der Waals surface area contributed by atoms with Gasteiger partial charge in [0.2, 0.25) is 10.0 Å². The maximum Gasteiger partial charge on any atom is 0.215 e. The fourth-order valence-corrected chi connectivity index (χ4v) is 5.24. The summed E-state index contributed by atoms with van der Waals surface area (Å²) in [5.74, 6) is -0.498. The first-order valence-electron chi connectivity index (χ1n) is 9.01. The van der Waals surface area contributed by atoms with E-state index in [4.69, 9.17) is 0 Å². The second-order valence-corrected chi connectivity index (χ2v) is 9.34. The minimum Gasteiger partial charge on any atom is -0.295 e. The van der Waals surface area contributed by atoms with E-state index in [0.717, 1.165) is 25.9 Å². The first kappa shape index (κ1) is 19.5. The Morgan fingerprint density at radius 3 is 2.38 bits per heavy atom. The third-order valence-corrected chi connectivity index (χ3v) is 6.80. The Hall–Kier alpha value is -1.28. The standard InChI is InChI=1S/C19H25FN2O2S2/c20-18-7-5-16(6-8-18)15-26(23,24)21-13-19(17-9-12-25-14-17)22-10-3-1-2-4-11-22/h5-9,12,14,19,21H,1-4,10-11,13,15H2. The Morgan fingerprint density at radius 2 is 1.77 bits per heavy atom. The summed E-state index contributed by atoms with van der Waals surface area (Å²) in [7, 11) is -3.48. The molecule has 0 radical (unpaired) electrons. The lowest BCUT2D eigenvalue weighted by Crippen LogP contribution is -2.38. The molecule has 1 aliphatic rings. The topological polar surface area (TPSA) is 49.4 Å². The summed E-state index contributed by atoms with van der Waals surface area (Å²) in [4.78, 5) is 2.40. The van der Waals surface area contributed by atoms with Crippen LogP contribution in [0.25, 0.3) is 0 Å². The normalized spacial score (nSPS) is 17.7. The summed E-state index contributed by atoms with van der Waals surface area (Å²) in [5, 5.41) is 4.14. The monoisotopic (exact) mass is 396 g/mol. The van der Waals surface area contributed by atoms with E-state index in [2.05, 4.69) is 21.1 Å². The van der Waals surface area contributed by atoms with Gasteiger partial charge in [0.1, 0.15) is 5.82 Å². The Labute approximate surface area is 159 Å². The summed E-state index contributed by atoms with van der Waals surface area (Å²) in [5.41, 5.74) is 1.75. The first-order chi connectivity index (χ1) is 12.5. The summed E-state index contributed by atoms with van der Waals surface area (Å²) < 4.78 is 40.7. The zero-order valence-electron chi connectivity index (χ0n) is 14.7. The Kier molecular flexibility index (Phi) is 6.80. The molecule has 1 unspecified atom stereocenters. The molecule has 1 aliphatic heterocycles. The highest BCUT2D eigenvalue weighted by molar-refractivity contribution is 7.88. The molecule has 0 amide bonds. The summed E-state index contributed by atoms with van der Waals surface area (Å²) in [6.45, 7) is 2.36. The van der Waals surface area contributed by atoms with Crippen molar-refractivity contribution in [2.24, 2.45) is 0 Å². The molecule has 0 bridgehead atoms. The highest BCUT2D eigenvalue weighted by atomic mass is 32.2. The van der Waals surface area contributed by atoms with Gasteiger partial charge in [0.25, 0.3) is 0 Å². The van der Waals surface area contributed by atoms with Gasteiger partial charge >= 0.3 is 0 Å². The lowest BCUT2D eigenvalue weighted by atomic mass is 10.1. The van der Waals surface area contributed by atoms with Crippen LogP contribution in [0.5, 0.6) is 0 Å². The van der Waals surface area contributed by atoms with Crippen molar-refractivity contribution in [2.75, 3.05) is 19.6 Å². The van der Waals surface area contributed by atoms with Crippen LogP contribution in [0.2, 0.25) is 0 Å². The van der Waals surface area contributed by atoms with Crippen LogP contribution in [0.4, 0.5) is 4.39 Å². The molecule has 2 heterocycles. The minimum atomic E-state index is -3.48. The van der Waals surface area contributed by atoms with E-state index < -0.39 is 10.0 Å². The van der Waals surface area contributed by atoms with E-state index in [1.165, 1.54) is 42.7 Å². The zero-order valence-corrected chi connectivity index (χ0v) is 16.4. The molecule has 1 saturated heterocycles. The van der Waals surface area contributed by atoms with Crippen LogP contribution in [-0.2, 0) is 15.8 Å². The molecule has 0 saturated carbocycles. The van der Waals surface area contributed by atoms with Crippen LogP contribution in [0.15, 0.2) is 41.1 Å². The van der Waals surface area contributed by atoms with Gasteiger partial charge in [0.15, 0.2) is 0 Å². The number of thiophene rings is 1. The van der Waals surface area contributed by atoms with Crippen molar-refractivity contribution in [3.63, 3.8) is 0 Å². The van der Waals surface area contributed by atoms with Gasteiger partial charge in [-0.3, -0.25) is 4.90 Å². The van der Waals surface area contributed by atoms with E-state index in [0.29, 0.717) is 12.1 Å². The van der Waals surface area contributed by atoms with E-state index in [-0.39, 0.29) is 17.6 Å². The molecule has 4 nitrogen and oxygen atoms in total. The predicted molar refractivity (Wildman–Crippen MR) is 104 cm³/mol. The number of benzene rings is 1. The predicted octanol–water partition coefficient (Wildman–Crippen LogP) is 3.92. The third kappa shape index (κ3) is 5.61. The minimum absolute atomic E-state index is 0.0577. The maximum atomic E-state index is 13.0. The van der Waals surface area contributed by atoms with Gasteiger partial charge in [-0.25, -0.2) is 17.5 Å². The molecule has 1 fully saturated rings. The van der Waals surface area contributed by atoms with Crippen molar-refractivity contribution in [3.05, 3.63) is 58.0 Å². The lowest BCUT2D eigenvalue weighted by Gasteiger charge is -2.30.